The van der Waals surface area contributed by atoms with Gasteiger partial charge in [-0.1, -0.05) is 18.6 Å². The number of anilines is 1. The number of rotatable bonds is 4. The maximum atomic E-state index is 12.7. The number of nitrogens with two attached hydrogens (primary N) is 1. The molecule has 1 aromatic carbocycles. The van der Waals surface area contributed by atoms with Gasteiger partial charge >= 0.3 is 0 Å². The van der Waals surface area contributed by atoms with Crippen LogP contribution in [0.15, 0.2) is 24.3 Å². The van der Waals surface area contributed by atoms with Crippen LogP contribution in [0.4, 0.5) is 5.69 Å². The van der Waals surface area contributed by atoms with Crippen molar-refractivity contribution in [2.75, 3.05) is 12.4 Å². The lowest BCUT2D eigenvalue weighted by Gasteiger charge is -2.43. The SMILES string of the molecule is COC(C)c1cccc(NC(=O)C2CC3CCCC(C2)C3N)c1.Cl. The van der Waals surface area contributed by atoms with Crippen LogP contribution in [0.25, 0.3) is 0 Å². The number of ether oxygens (including phenoxy) is 1. The third-order valence-corrected chi connectivity index (χ3v) is 5.76. The van der Waals surface area contributed by atoms with E-state index in [2.05, 4.69) is 5.32 Å². The molecule has 0 heterocycles. The summed E-state index contributed by atoms with van der Waals surface area (Å²) in [7, 11) is 1.69. The van der Waals surface area contributed by atoms with E-state index in [0.717, 1.165) is 24.1 Å². The maximum Gasteiger partial charge on any atom is 0.227 e. The molecule has 134 valence electrons. The van der Waals surface area contributed by atoms with E-state index in [1.165, 1.54) is 19.3 Å². The highest BCUT2D eigenvalue weighted by molar-refractivity contribution is 5.92. The average molecular weight is 353 g/mol. The molecule has 3 atom stereocenters. The number of methoxy groups -OCH3 is 1. The van der Waals surface area contributed by atoms with E-state index in [4.69, 9.17) is 10.5 Å². The number of carbonyl (C=O) groups is 1. The first-order chi connectivity index (χ1) is 11.1. The van der Waals surface area contributed by atoms with Gasteiger partial charge in [-0.3, -0.25) is 4.79 Å². The summed E-state index contributed by atoms with van der Waals surface area (Å²) >= 11 is 0. The van der Waals surface area contributed by atoms with Crippen LogP contribution in [0.1, 0.15) is 50.7 Å². The van der Waals surface area contributed by atoms with E-state index < -0.39 is 0 Å². The number of hydrogen-bond acceptors (Lipinski definition) is 3. The van der Waals surface area contributed by atoms with Crippen molar-refractivity contribution in [1.82, 2.24) is 0 Å². The molecule has 3 N–H and O–H groups in total. The van der Waals surface area contributed by atoms with Crippen molar-refractivity contribution in [2.45, 2.75) is 51.2 Å². The van der Waals surface area contributed by atoms with Gasteiger partial charge in [0, 0.05) is 24.8 Å². The molecular weight excluding hydrogens is 324 g/mol. The molecule has 0 aliphatic heterocycles. The topological polar surface area (TPSA) is 64.3 Å². The molecule has 0 radical (unpaired) electrons. The fraction of sp³-hybridized carbons (Fsp3) is 0.632. The van der Waals surface area contributed by atoms with Crippen molar-refractivity contribution in [1.29, 1.82) is 0 Å². The van der Waals surface area contributed by atoms with E-state index in [9.17, 15) is 4.79 Å². The minimum absolute atomic E-state index is 0. The zero-order valence-electron chi connectivity index (χ0n) is 14.5. The van der Waals surface area contributed by atoms with Gasteiger partial charge in [0.15, 0.2) is 0 Å². The smallest absolute Gasteiger partial charge is 0.227 e. The number of fused-ring (bicyclic) bond motifs is 2. The summed E-state index contributed by atoms with van der Waals surface area (Å²) in [5.41, 5.74) is 8.26. The summed E-state index contributed by atoms with van der Waals surface area (Å²) in [6, 6.07) is 8.24. The van der Waals surface area contributed by atoms with Crippen molar-refractivity contribution in [3.63, 3.8) is 0 Å². The second kappa shape index (κ2) is 8.32. The number of carbonyl (C=O) groups excluding carboxylic acids is 1. The normalized spacial score (nSPS) is 30.1. The third-order valence-electron chi connectivity index (χ3n) is 5.76. The van der Waals surface area contributed by atoms with Gasteiger partial charge in [0.25, 0.3) is 0 Å². The van der Waals surface area contributed by atoms with Gasteiger partial charge in [-0.15, -0.1) is 12.4 Å². The first-order valence-electron chi connectivity index (χ1n) is 8.77. The fourth-order valence-electron chi connectivity index (χ4n) is 4.25. The molecule has 2 aliphatic rings. The Morgan fingerprint density at radius 2 is 1.96 bits per heavy atom. The predicted octanol–water partition coefficient (Wildman–Crippen LogP) is 3.91. The molecular formula is C19H29ClN2O2. The van der Waals surface area contributed by atoms with Gasteiger partial charge in [-0.2, -0.15) is 0 Å². The summed E-state index contributed by atoms with van der Waals surface area (Å²) in [5, 5.41) is 3.10. The number of hydrogen-bond donors (Lipinski definition) is 2. The molecule has 2 fully saturated rings. The maximum absolute atomic E-state index is 12.7. The van der Waals surface area contributed by atoms with Crippen LogP contribution in [0.3, 0.4) is 0 Å². The van der Waals surface area contributed by atoms with Crippen LogP contribution < -0.4 is 11.1 Å². The van der Waals surface area contributed by atoms with E-state index in [1.807, 2.05) is 31.2 Å². The van der Waals surface area contributed by atoms with Crippen LogP contribution in [0.2, 0.25) is 0 Å². The number of nitrogens with one attached hydrogen (secondary N) is 1. The molecule has 5 heteroatoms. The van der Waals surface area contributed by atoms with E-state index in [0.29, 0.717) is 17.9 Å². The predicted molar refractivity (Wildman–Crippen MR) is 99.3 cm³/mol. The summed E-state index contributed by atoms with van der Waals surface area (Å²) in [5.74, 6) is 1.31. The van der Waals surface area contributed by atoms with E-state index in [-0.39, 0.29) is 30.3 Å². The molecule has 0 saturated heterocycles. The van der Waals surface area contributed by atoms with Crippen LogP contribution in [-0.4, -0.2) is 19.1 Å². The van der Waals surface area contributed by atoms with Crippen molar-refractivity contribution >= 4 is 24.0 Å². The van der Waals surface area contributed by atoms with Crippen molar-refractivity contribution in [3.8, 4) is 0 Å². The molecule has 1 aromatic rings. The summed E-state index contributed by atoms with van der Waals surface area (Å²) in [6.07, 6.45) is 5.55. The summed E-state index contributed by atoms with van der Waals surface area (Å²) in [4.78, 5) is 12.7. The minimum atomic E-state index is 0. The van der Waals surface area contributed by atoms with Crippen molar-refractivity contribution in [3.05, 3.63) is 29.8 Å². The standard InChI is InChI=1S/C19H28N2O2.ClH/c1-12(23-2)13-5-4-8-17(11-13)21-19(22)16-9-14-6-3-7-15(10-16)18(14)20;/h4-5,8,11-12,14-16,18H,3,6-7,9-10,20H2,1-2H3,(H,21,22);1H. The Hall–Kier alpha value is -1.10. The Morgan fingerprint density at radius 3 is 2.58 bits per heavy atom. The minimum Gasteiger partial charge on any atom is -0.377 e. The number of benzene rings is 1. The zero-order chi connectivity index (χ0) is 16.4. The van der Waals surface area contributed by atoms with Gasteiger partial charge in [-0.05, 0) is 62.1 Å². The molecule has 0 spiro atoms. The van der Waals surface area contributed by atoms with Crippen LogP contribution in [-0.2, 0) is 9.53 Å². The molecule has 2 bridgehead atoms. The largest absolute Gasteiger partial charge is 0.377 e. The summed E-state index contributed by atoms with van der Waals surface area (Å²) < 4.78 is 5.35. The van der Waals surface area contributed by atoms with E-state index in [1.54, 1.807) is 7.11 Å². The number of amides is 1. The lowest BCUT2D eigenvalue weighted by molar-refractivity contribution is -0.122. The second-order valence-corrected chi connectivity index (χ2v) is 7.19. The Kier molecular flexibility index (Phi) is 6.67. The van der Waals surface area contributed by atoms with Crippen LogP contribution in [0, 0.1) is 17.8 Å². The van der Waals surface area contributed by atoms with Gasteiger partial charge in [-0.25, -0.2) is 0 Å². The lowest BCUT2D eigenvalue weighted by atomic mass is 9.65. The molecule has 4 nitrogen and oxygen atoms in total. The first-order valence-corrected chi connectivity index (χ1v) is 8.77. The van der Waals surface area contributed by atoms with Gasteiger partial charge in [0.1, 0.15) is 0 Å². The highest BCUT2D eigenvalue weighted by Crippen LogP contribution is 2.42. The second-order valence-electron chi connectivity index (χ2n) is 7.19. The quantitative estimate of drug-likeness (QED) is 0.863. The van der Waals surface area contributed by atoms with Gasteiger partial charge < -0.3 is 15.8 Å². The molecule has 3 rings (SSSR count). The van der Waals surface area contributed by atoms with Crippen LogP contribution >= 0.6 is 12.4 Å². The molecule has 2 saturated carbocycles. The molecule has 24 heavy (non-hydrogen) atoms. The monoisotopic (exact) mass is 352 g/mol. The fourth-order valence-corrected chi connectivity index (χ4v) is 4.25. The van der Waals surface area contributed by atoms with Gasteiger partial charge in [0.05, 0.1) is 6.10 Å². The average Bonchev–Trinajstić information content (AvgIpc) is 2.54. The third kappa shape index (κ3) is 4.11. The highest BCUT2D eigenvalue weighted by Gasteiger charge is 2.40. The summed E-state index contributed by atoms with van der Waals surface area (Å²) in [6.45, 7) is 2.00. The van der Waals surface area contributed by atoms with Crippen molar-refractivity contribution in [2.24, 2.45) is 23.5 Å². The zero-order valence-corrected chi connectivity index (χ0v) is 15.4. The highest BCUT2D eigenvalue weighted by atomic mass is 35.5. The van der Waals surface area contributed by atoms with Crippen LogP contribution in [0.5, 0.6) is 0 Å². The lowest BCUT2D eigenvalue weighted by Crippen LogP contribution is -2.48. The Labute approximate surface area is 150 Å². The molecule has 3 unspecified atom stereocenters. The first kappa shape index (κ1) is 19.2. The molecule has 0 aromatic heterocycles. The van der Waals surface area contributed by atoms with Crippen molar-refractivity contribution < 1.29 is 9.53 Å². The Bertz CT molecular complexity index is 552. The van der Waals surface area contributed by atoms with E-state index >= 15 is 0 Å². The van der Waals surface area contributed by atoms with Gasteiger partial charge in [0.2, 0.25) is 5.91 Å². The number of halogens is 1. The Balaban J connectivity index is 0.00000208. The molecule has 1 amide bonds. The Morgan fingerprint density at radius 1 is 1.29 bits per heavy atom. The molecule has 2 aliphatic carbocycles.